The first-order chi connectivity index (χ1) is 10.00. The Morgan fingerprint density at radius 1 is 1.48 bits per heavy atom. The highest BCUT2D eigenvalue weighted by atomic mass is 32.2. The van der Waals surface area contributed by atoms with Crippen LogP contribution in [-0.2, 0) is 10.0 Å². The van der Waals surface area contributed by atoms with E-state index in [9.17, 15) is 12.8 Å². The number of benzene rings is 1. The number of nitrogens with one attached hydrogen (secondary N) is 2. The Labute approximate surface area is 124 Å². The SMILES string of the molecule is CCOc1ccc(NS(=O)(=O)CC2CCCNC2)cc1F. The van der Waals surface area contributed by atoms with Crippen molar-refractivity contribution in [1.82, 2.24) is 5.32 Å². The van der Waals surface area contributed by atoms with E-state index in [0.29, 0.717) is 13.2 Å². The van der Waals surface area contributed by atoms with E-state index in [2.05, 4.69) is 10.0 Å². The third kappa shape index (κ3) is 4.86. The molecular formula is C14H21FN2O3S. The van der Waals surface area contributed by atoms with Crippen LogP contribution in [-0.4, -0.2) is 33.9 Å². The van der Waals surface area contributed by atoms with E-state index in [-0.39, 0.29) is 23.1 Å². The molecule has 1 aliphatic rings. The second-order valence-electron chi connectivity index (χ2n) is 5.17. The van der Waals surface area contributed by atoms with Gasteiger partial charge in [-0.15, -0.1) is 0 Å². The summed E-state index contributed by atoms with van der Waals surface area (Å²) in [5.41, 5.74) is 0.222. The first kappa shape index (κ1) is 16.0. The topological polar surface area (TPSA) is 67.4 Å². The molecule has 7 heteroatoms. The highest BCUT2D eigenvalue weighted by Crippen LogP contribution is 2.22. The summed E-state index contributed by atoms with van der Waals surface area (Å²) in [4.78, 5) is 0. The average Bonchev–Trinajstić information content (AvgIpc) is 2.42. The molecule has 0 saturated carbocycles. The van der Waals surface area contributed by atoms with E-state index in [1.165, 1.54) is 12.1 Å². The molecule has 0 radical (unpaired) electrons. The maximum atomic E-state index is 13.7. The zero-order valence-corrected chi connectivity index (χ0v) is 12.9. The van der Waals surface area contributed by atoms with Gasteiger partial charge >= 0.3 is 0 Å². The van der Waals surface area contributed by atoms with Gasteiger partial charge in [-0.1, -0.05) is 0 Å². The highest BCUT2D eigenvalue weighted by Gasteiger charge is 2.21. The largest absolute Gasteiger partial charge is 0.491 e. The van der Waals surface area contributed by atoms with Crippen LogP contribution in [0.15, 0.2) is 18.2 Å². The van der Waals surface area contributed by atoms with Crippen LogP contribution in [0, 0.1) is 11.7 Å². The molecule has 0 bridgehead atoms. The van der Waals surface area contributed by atoms with Crippen molar-refractivity contribution in [2.45, 2.75) is 19.8 Å². The minimum Gasteiger partial charge on any atom is -0.491 e. The molecule has 118 valence electrons. The monoisotopic (exact) mass is 316 g/mol. The summed E-state index contributed by atoms with van der Waals surface area (Å²) in [5, 5.41) is 3.18. The molecule has 0 aromatic heterocycles. The molecule has 1 unspecified atom stereocenters. The molecule has 1 aliphatic heterocycles. The van der Waals surface area contributed by atoms with Crippen molar-refractivity contribution in [3.05, 3.63) is 24.0 Å². The van der Waals surface area contributed by atoms with E-state index < -0.39 is 15.8 Å². The summed E-state index contributed by atoms with van der Waals surface area (Å²) in [6, 6.07) is 4.07. The summed E-state index contributed by atoms with van der Waals surface area (Å²) < 4.78 is 45.4. The Morgan fingerprint density at radius 2 is 2.29 bits per heavy atom. The lowest BCUT2D eigenvalue weighted by molar-refractivity contribution is 0.321. The maximum Gasteiger partial charge on any atom is 0.233 e. The lowest BCUT2D eigenvalue weighted by Gasteiger charge is -2.22. The molecule has 1 saturated heterocycles. The van der Waals surface area contributed by atoms with Gasteiger partial charge < -0.3 is 10.1 Å². The molecule has 1 atom stereocenters. The number of ether oxygens (including phenoxy) is 1. The van der Waals surface area contributed by atoms with Crippen LogP contribution in [0.1, 0.15) is 19.8 Å². The van der Waals surface area contributed by atoms with Crippen LogP contribution in [0.3, 0.4) is 0 Å². The van der Waals surface area contributed by atoms with Crippen molar-refractivity contribution < 1.29 is 17.5 Å². The third-order valence-electron chi connectivity index (χ3n) is 3.36. The van der Waals surface area contributed by atoms with Gasteiger partial charge in [-0.25, -0.2) is 12.8 Å². The van der Waals surface area contributed by atoms with Crippen molar-refractivity contribution in [2.75, 3.05) is 30.2 Å². The standard InChI is InChI=1S/C14H21FN2O3S/c1-2-20-14-6-5-12(8-13(14)15)17-21(18,19)10-11-4-3-7-16-9-11/h5-6,8,11,16-17H,2-4,7,9-10H2,1H3. The van der Waals surface area contributed by atoms with Gasteiger partial charge in [0.1, 0.15) is 0 Å². The molecule has 1 fully saturated rings. The molecule has 1 heterocycles. The second-order valence-corrected chi connectivity index (χ2v) is 6.94. The fourth-order valence-electron chi connectivity index (χ4n) is 2.43. The van der Waals surface area contributed by atoms with Gasteiger partial charge in [-0.2, -0.15) is 0 Å². The molecule has 2 N–H and O–H groups in total. The normalized spacial score (nSPS) is 19.2. The molecule has 5 nitrogen and oxygen atoms in total. The Balaban J connectivity index is 2.00. The number of hydrogen-bond acceptors (Lipinski definition) is 4. The summed E-state index contributed by atoms with van der Waals surface area (Å²) >= 11 is 0. The number of sulfonamides is 1. The van der Waals surface area contributed by atoms with Gasteiger partial charge in [0.15, 0.2) is 11.6 Å². The van der Waals surface area contributed by atoms with Crippen molar-refractivity contribution >= 4 is 15.7 Å². The molecule has 1 aromatic carbocycles. The molecule has 0 aliphatic carbocycles. The summed E-state index contributed by atoms with van der Waals surface area (Å²) in [5.74, 6) is -0.299. The van der Waals surface area contributed by atoms with Gasteiger partial charge in [0.25, 0.3) is 0 Å². The molecule has 21 heavy (non-hydrogen) atoms. The zero-order chi connectivity index (χ0) is 15.3. The number of halogens is 1. The van der Waals surface area contributed by atoms with Crippen LogP contribution in [0.4, 0.5) is 10.1 Å². The van der Waals surface area contributed by atoms with Gasteiger partial charge in [0, 0.05) is 6.07 Å². The fourth-order valence-corrected chi connectivity index (χ4v) is 3.91. The van der Waals surface area contributed by atoms with Crippen molar-refractivity contribution in [2.24, 2.45) is 5.92 Å². The van der Waals surface area contributed by atoms with Crippen LogP contribution >= 0.6 is 0 Å². The minimum atomic E-state index is -3.47. The third-order valence-corrected chi connectivity index (χ3v) is 4.82. The van der Waals surface area contributed by atoms with Crippen molar-refractivity contribution in [1.29, 1.82) is 0 Å². The molecule has 1 aromatic rings. The first-order valence-corrected chi connectivity index (χ1v) is 8.79. The molecular weight excluding hydrogens is 295 g/mol. The van der Waals surface area contributed by atoms with Crippen LogP contribution in [0.5, 0.6) is 5.75 Å². The molecule has 0 amide bonds. The summed E-state index contributed by atoms with van der Waals surface area (Å²) in [6.07, 6.45) is 1.88. The second kappa shape index (κ2) is 7.09. The molecule has 2 rings (SSSR count). The van der Waals surface area contributed by atoms with Gasteiger partial charge in [0.05, 0.1) is 18.0 Å². The zero-order valence-electron chi connectivity index (χ0n) is 12.1. The quantitative estimate of drug-likeness (QED) is 0.842. The highest BCUT2D eigenvalue weighted by molar-refractivity contribution is 7.92. The fraction of sp³-hybridized carbons (Fsp3) is 0.571. The number of hydrogen-bond donors (Lipinski definition) is 2. The summed E-state index contributed by atoms with van der Waals surface area (Å²) in [6.45, 7) is 3.76. The average molecular weight is 316 g/mol. The van der Waals surface area contributed by atoms with E-state index in [0.717, 1.165) is 25.5 Å². The number of piperidine rings is 1. The van der Waals surface area contributed by atoms with Gasteiger partial charge in [0.2, 0.25) is 10.0 Å². The van der Waals surface area contributed by atoms with Gasteiger partial charge in [-0.3, -0.25) is 4.72 Å². The van der Waals surface area contributed by atoms with E-state index >= 15 is 0 Å². The van der Waals surface area contributed by atoms with Crippen molar-refractivity contribution in [3.63, 3.8) is 0 Å². The lowest BCUT2D eigenvalue weighted by Crippen LogP contribution is -2.35. The number of anilines is 1. The Bertz CT molecular complexity index is 572. The van der Waals surface area contributed by atoms with Crippen molar-refractivity contribution in [3.8, 4) is 5.75 Å². The minimum absolute atomic E-state index is 0.0504. The Hall–Kier alpha value is -1.34. The molecule has 0 spiro atoms. The Kier molecular flexibility index (Phi) is 5.41. The maximum absolute atomic E-state index is 13.7. The number of rotatable bonds is 6. The predicted molar refractivity (Wildman–Crippen MR) is 80.6 cm³/mol. The van der Waals surface area contributed by atoms with Crippen LogP contribution < -0.4 is 14.8 Å². The van der Waals surface area contributed by atoms with Crippen LogP contribution in [0.2, 0.25) is 0 Å². The Morgan fingerprint density at radius 3 is 2.90 bits per heavy atom. The summed E-state index contributed by atoms with van der Waals surface area (Å²) in [7, 11) is -3.47. The van der Waals surface area contributed by atoms with Gasteiger partial charge in [-0.05, 0) is 50.9 Å². The van der Waals surface area contributed by atoms with E-state index in [4.69, 9.17) is 4.74 Å². The smallest absolute Gasteiger partial charge is 0.233 e. The van der Waals surface area contributed by atoms with Crippen LogP contribution in [0.25, 0.3) is 0 Å². The first-order valence-electron chi connectivity index (χ1n) is 7.13. The van der Waals surface area contributed by atoms with E-state index in [1.807, 2.05) is 0 Å². The lowest BCUT2D eigenvalue weighted by atomic mass is 10.0. The van der Waals surface area contributed by atoms with E-state index in [1.54, 1.807) is 6.92 Å². The predicted octanol–water partition coefficient (Wildman–Crippen LogP) is 1.97.